The van der Waals surface area contributed by atoms with Crippen molar-refractivity contribution in [1.82, 2.24) is 15.4 Å². The quantitative estimate of drug-likeness (QED) is 0.339. The van der Waals surface area contributed by atoms with Crippen molar-refractivity contribution < 1.29 is 4.79 Å². The molecular formula is C19H21BrN4OS. The van der Waals surface area contributed by atoms with Crippen molar-refractivity contribution >= 4 is 50.3 Å². The lowest BCUT2D eigenvalue weighted by Gasteiger charge is -2.03. The van der Waals surface area contributed by atoms with Gasteiger partial charge in [-0.25, -0.2) is 10.4 Å². The summed E-state index contributed by atoms with van der Waals surface area (Å²) in [7, 11) is 0. The van der Waals surface area contributed by atoms with E-state index in [1.165, 1.54) is 11.8 Å². The molecule has 2 aromatic carbocycles. The molecule has 26 heavy (non-hydrogen) atoms. The van der Waals surface area contributed by atoms with Crippen molar-refractivity contribution in [2.24, 2.45) is 5.10 Å². The Morgan fingerprint density at radius 2 is 2.00 bits per heavy atom. The first-order chi connectivity index (χ1) is 12.6. The van der Waals surface area contributed by atoms with Gasteiger partial charge in [0, 0.05) is 4.47 Å². The second kappa shape index (κ2) is 10.1. The molecule has 1 amide bonds. The normalized spacial score (nSPS) is 11.0. The number of rotatable bonds is 5. The summed E-state index contributed by atoms with van der Waals surface area (Å²) >= 11 is 4.77. The standard InChI is InChI=1S/C17H15BrN4OS.C2H6/c1-11(12-5-4-6-13(18)9-12)21-22-16(23)10-24-17-19-14-7-2-3-8-15(14)20-17;1-2/h2-9H,10H2,1H3,(H,19,20)(H,22,23);1-2H3/b21-11-;. The van der Waals surface area contributed by atoms with E-state index >= 15 is 0 Å². The first-order valence-electron chi connectivity index (χ1n) is 8.28. The van der Waals surface area contributed by atoms with E-state index in [1.54, 1.807) is 0 Å². The average Bonchev–Trinajstić information content (AvgIpc) is 3.09. The van der Waals surface area contributed by atoms with Crippen LogP contribution in [0.2, 0.25) is 0 Å². The maximum atomic E-state index is 11.9. The lowest BCUT2D eigenvalue weighted by molar-refractivity contribution is -0.118. The van der Waals surface area contributed by atoms with Crippen LogP contribution in [0.5, 0.6) is 0 Å². The Morgan fingerprint density at radius 1 is 1.23 bits per heavy atom. The number of halogens is 1. The first kappa shape index (κ1) is 20.2. The number of hydrazone groups is 1. The van der Waals surface area contributed by atoms with Gasteiger partial charge in [-0.3, -0.25) is 4.79 Å². The van der Waals surface area contributed by atoms with Crippen LogP contribution >= 0.6 is 27.7 Å². The molecule has 0 atom stereocenters. The number of hydrogen-bond acceptors (Lipinski definition) is 4. The third kappa shape index (κ3) is 5.71. The van der Waals surface area contributed by atoms with Crippen LogP contribution < -0.4 is 5.43 Å². The molecule has 0 aliphatic heterocycles. The summed E-state index contributed by atoms with van der Waals surface area (Å²) in [5.41, 5.74) is 6.13. The second-order valence-electron chi connectivity index (χ2n) is 5.09. The van der Waals surface area contributed by atoms with Crippen LogP contribution in [0.1, 0.15) is 26.3 Å². The Labute approximate surface area is 165 Å². The Kier molecular flexibility index (Phi) is 7.87. The summed E-state index contributed by atoms with van der Waals surface area (Å²) in [4.78, 5) is 19.5. The number of thioether (sulfide) groups is 1. The van der Waals surface area contributed by atoms with E-state index in [0.29, 0.717) is 0 Å². The van der Waals surface area contributed by atoms with Gasteiger partial charge in [-0.2, -0.15) is 5.10 Å². The van der Waals surface area contributed by atoms with Crippen molar-refractivity contribution in [3.63, 3.8) is 0 Å². The summed E-state index contributed by atoms with van der Waals surface area (Å²) in [5, 5.41) is 4.86. The van der Waals surface area contributed by atoms with E-state index in [4.69, 9.17) is 0 Å². The summed E-state index contributed by atoms with van der Waals surface area (Å²) in [5.74, 6) is 0.0736. The van der Waals surface area contributed by atoms with Crippen molar-refractivity contribution in [1.29, 1.82) is 0 Å². The van der Waals surface area contributed by atoms with Crippen LogP contribution in [0, 0.1) is 0 Å². The molecule has 3 aromatic rings. The fraction of sp³-hybridized carbons (Fsp3) is 0.211. The number of carbonyl (C=O) groups excluding carboxylic acids is 1. The zero-order valence-corrected chi connectivity index (χ0v) is 17.3. The zero-order chi connectivity index (χ0) is 18.9. The maximum Gasteiger partial charge on any atom is 0.250 e. The van der Waals surface area contributed by atoms with Crippen LogP contribution in [0.3, 0.4) is 0 Å². The SMILES string of the molecule is C/C(=N/NC(=O)CSc1nc2ccccc2[nH]1)c1cccc(Br)c1.CC. The number of nitrogens with zero attached hydrogens (tertiary/aromatic N) is 2. The molecule has 0 aliphatic carbocycles. The van der Waals surface area contributed by atoms with Crippen LogP contribution in [-0.2, 0) is 4.79 Å². The lowest BCUT2D eigenvalue weighted by atomic mass is 10.1. The molecule has 3 rings (SSSR count). The number of amides is 1. The lowest BCUT2D eigenvalue weighted by Crippen LogP contribution is -2.21. The average molecular weight is 433 g/mol. The van der Waals surface area contributed by atoms with E-state index in [-0.39, 0.29) is 11.7 Å². The molecular weight excluding hydrogens is 412 g/mol. The zero-order valence-electron chi connectivity index (χ0n) is 14.9. The van der Waals surface area contributed by atoms with Gasteiger partial charge in [-0.05, 0) is 36.8 Å². The summed E-state index contributed by atoms with van der Waals surface area (Å²) < 4.78 is 0.973. The van der Waals surface area contributed by atoms with Crippen LogP contribution in [0.25, 0.3) is 11.0 Å². The maximum absolute atomic E-state index is 11.9. The van der Waals surface area contributed by atoms with Gasteiger partial charge in [-0.1, -0.05) is 65.8 Å². The first-order valence-corrected chi connectivity index (χ1v) is 10.1. The highest BCUT2D eigenvalue weighted by molar-refractivity contribution is 9.10. The minimum atomic E-state index is -0.171. The van der Waals surface area contributed by atoms with Gasteiger partial charge in [0.2, 0.25) is 0 Å². The molecule has 1 heterocycles. The Balaban J connectivity index is 0.00000117. The molecule has 5 nitrogen and oxygen atoms in total. The molecule has 0 fully saturated rings. The molecule has 2 N–H and O–H groups in total. The summed E-state index contributed by atoms with van der Waals surface area (Å²) in [6.45, 7) is 5.86. The van der Waals surface area contributed by atoms with Gasteiger partial charge in [-0.15, -0.1) is 0 Å². The van der Waals surface area contributed by atoms with E-state index in [1.807, 2.05) is 69.3 Å². The number of nitrogens with one attached hydrogen (secondary N) is 2. The fourth-order valence-electron chi connectivity index (χ4n) is 2.09. The topological polar surface area (TPSA) is 70.1 Å². The van der Waals surface area contributed by atoms with E-state index < -0.39 is 0 Å². The Bertz CT molecular complexity index is 874. The highest BCUT2D eigenvalue weighted by Crippen LogP contribution is 2.18. The van der Waals surface area contributed by atoms with E-state index in [0.717, 1.165) is 31.9 Å². The number of aromatic amines is 1. The van der Waals surface area contributed by atoms with Crippen molar-refractivity contribution in [3.05, 3.63) is 58.6 Å². The highest BCUT2D eigenvalue weighted by Gasteiger charge is 2.07. The largest absolute Gasteiger partial charge is 0.333 e. The third-order valence-electron chi connectivity index (χ3n) is 3.30. The molecule has 1 aromatic heterocycles. The van der Waals surface area contributed by atoms with Crippen molar-refractivity contribution in [2.75, 3.05) is 5.75 Å². The van der Waals surface area contributed by atoms with Gasteiger partial charge < -0.3 is 4.98 Å². The fourth-order valence-corrected chi connectivity index (χ4v) is 3.16. The monoisotopic (exact) mass is 432 g/mol. The molecule has 136 valence electrons. The van der Waals surface area contributed by atoms with Gasteiger partial charge in [0.25, 0.3) is 5.91 Å². The van der Waals surface area contributed by atoms with Crippen LogP contribution in [-0.4, -0.2) is 27.3 Å². The van der Waals surface area contributed by atoms with Gasteiger partial charge in [0.05, 0.1) is 22.5 Å². The van der Waals surface area contributed by atoms with E-state index in [9.17, 15) is 4.79 Å². The minimum Gasteiger partial charge on any atom is -0.333 e. The van der Waals surface area contributed by atoms with Crippen LogP contribution in [0.15, 0.2) is 63.3 Å². The molecule has 0 unspecified atom stereocenters. The third-order valence-corrected chi connectivity index (χ3v) is 4.66. The number of imidazole rings is 1. The van der Waals surface area contributed by atoms with Gasteiger partial charge in [0.1, 0.15) is 0 Å². The number of hydrogen-bond donors (Lipinski definition) is 2. The predicted molar refractivity (Wildman–Crippen MR) is 113 cm³/mol. The summed E-state index contributed by atoms with van der Waals surface area (Å²) in [6, 6.07) is 15.5. The predicted octanol–water partition coefficient (Wildman–Crippen LogP) is 4.98. The number of para-hydroxylation sites is 2. The molecule has 0 spiro atoms. The Hall–Kier alpha value is -2.12. The number of fused-ring (bicyclic) bond motifs is 1. The number of H-pyrrole nitrogens is 1. The van der Waals surface area contributed by atoms with Gasteiger partial charge in [0.15, 0.2) is 5.16 Å². The molecule has 0 aliphatic rings. The molecule has 0 bridgehead atoms. The molecule has 0 saturated carbocycles. The number of benzene rings is 2. The number of aromatic nitrogens is 2. The smallest absolute Gasteiger partial charge is 0.250 e. The molecule has 0 saturated heterocycles. The Morgan fingerprint density at radius 3 is 2.73 bits per heavy atom. The highest BCUT2D eigenvalue weighted by atomic mass is 79.9. The molecule has 7 heteroatoms. The van der Waals surface area contributed by atoms with Gasteiger partial charge >= 0.3 is 0 Å². The summed E-state index contributed by atoms with van der Waals surface area (Å²) in [6.07, 6.45) is 0. The minimum absolute atomic E-state index is 0.171. The van der Waals surface area contributed by atoms with Crippen LogP contribution in [0.4, 0.5) is 0 Å². The van der Waals surface area contributed by atoms with Crippen molar-refractivity contribution in [2.45, 2.75) is 25.9 Å². The van der Waals surface area contributed by atoms with Crippen molar-refractivity contribution in [3.8, 4) is 0 Å². The van der Waals surface area contributed by atoms with E-state index in [2.05, 4.69) is 36.4 Å². The molecule has 0 radical (unpaired) electrons. The number of carbonyl (C=O) groups is 1. The second-order valence-corrected chi connectivity index (χ2v) is 6.97.